The summed E-state index contributed by atoms with van der Waals surface area (Å²) in [4.78, 5) is 10.8. The molecule has 9 nitrogen and oxygen atoms in total. The van der Waals surface area contributed by atoms with Crippen LogP contribution < -0.4 is 4.72 Å². The lowest BCUT2D eigenvalue weighted by molar-refractivity contribution is -0.137. The predicted octanol–water partition coefficient (Wildman–Crippen LogP) is 0.350. The summed E-state index contributed by atoms with van der Waals surface area (Å²) in [5.41, 5.74) is 1.21. The topological polar surface area (TPSA) is 114 Å². The van der Waals surface area contributed by atoms with E-state index in [1.165, 1.54) is 8.99 Å². The minimum absolute atomic E-state index is 0.188. The zero-order valence-electron chi connectivity index (χ0n) is 13.6. The molecule has 0 bridgehead atoms. The fraction of sp³-hybridized carbons (Fsp3) is 0.692. The maximum Gasteiger partial charge on any atom is 0.325 e. The van der Waals surface area contributed by atoms with Gasteiger partial charge in [0.25, 0.3) is 0 Å². The highest BCUT2D eigenvalue weighted by Gasteiger charge is 2.32. The Bertz CT molecular complexity index is 689. The molecule has 2 atom stereocenters. The Labute approximate surface area is 135 Å². The summed E-state index contributed by atoms with van der Waals surface area (Å²) in [7, 11) is -3.76. The Kier molecular flexibility index (Phi) is 4.97. The number of carbonyl (C=O) groups is 1. The van der Waals surface area contributed by atoms with Crippen LogP contribution in [0.3, 0.4) is 0 Å². The number of aryl methyl sites for hydroxylation is 1. The Morgan fingerprint density at radius 3 is 2.43 bits per heavy atom. The molecule has 23 heavy (non-hydrogen) atoms. The number of rotatable bonds is 5. The lowest BCUT2D eigenvalue weighted by Crippen LogP contribution is -2.50. The van der Waals surface area contributed by atoms with Gasteiger partial charge in [-0.2, -0.15) is 17.8 Å². The van der Waals surface area contributed by atoms with Gasteiger partial charge in [-0.15, -0.1) is 0 Å². The molecule has 1 aromatic rings. The second kappa shape index (κ2) is 6.46. The molecule has 2 N–H and O–H groups in total. The first-order chi connectivity index (χ1) is 10.6. The van der Waals surface area contributed by atoms with Gasteiger partial charge in [-0.25, -0.2) is 0 Å². The van der Waals surface area contributed by atoms with Gasteiger partial charge in [-0.05, 0) is 27.7 Å². The van der Waals surface area contributed by atoms with Gasteiger partial charge in [0.05, 0.1) is 29.3 Å². The van der Waals surface area contributed by atoms with Gasteiger partial charge in [0.1, 0.15) is 6.54 Å². The van der Waals surface area contributed by atoms with E-state index in [0.717, 1.165) is 0 Å². The smallest absolute Gasteiger partial charge is 0.325 e. The fourth-order valence-electron chi connectivity index (χ4n) is 2.65. The zero-order valence-corrected chi connectivity index (χ0v) is 14.4. The second-order valence-electron chi connectivity index (χ2n) is 5.78. The molecule has 0 aliphatic carbocycles. The lowest BCUT2D eigenvalue weighted by Gasteiger charge is -2.34. The van der Waals surface area contributed by atoms with Gasteiger partial charge < -0.3 is 9.84 Å². The number of hydrogen-bond acceptors (Lipinski definition) is 5. The van der Waals surface area contributed by atoms with Gasteiger partial charge in [-0.1, -0.05) is 0 Å². The first-order valence-corrected chi connectivity index (χ1v) is 8.73. The Balaban J connectivity index is 2.24. The summed E-state index contributed by atoms with van der Waals surface area (Å²) >= 11 is 0. The third-order valence-corrected chi connectivity index (χ3v) is 5.06. The van der Waals surface area contributed by atoms with Crippen molar-refractivity contribution in [2.24, 2.45) is 0 Å². The highest BCUT2D eigenvalue weighted by molar-refractivity contribution is 7.90. The highest BCUT2D eigenvalue weighted by atomic mass is 32.2. The van der Waals surface area contributed by atoms with Crippen molar-refractivity contribution in [2.75, 3.05) is 17.8 Å². The number of aromatic nitrogens is 2. The largest absolute Gasteiger partial charge is 0.480 e. The van der Waals surface area contributed by atoms with E-state index in [9.17, 15) is 13.2 Å². The molecule has 1 saturated heterocycles. The van der Waals surface area contributed by atoms with Crippen LogP contribution in [0.15, 0.2) is 0 Å². The van der Waals surface area contributed by atoms with Crippen LogP contribution in [0.2, 0.25) is 0 Å². The van der Waals surface area contributed by atoms with Crippen molar-refractivity contribution in [1.82, 2.24) is 14.1 Å². The third-order valence-electron chi connectivity index (χ3n) is 3.62. The van der Waals surface area contributed by atoms with E-state index < -0.39 is 16.2 Å². The van der Waals surface area contributed by atoms with E-state index in [4.69, 9.17) is 9.84 Å². The van der Waals surface area contributed by atoms with Crippen LogP contribution in [0.25, 0.3) is 0 Å². The minimum Gasteiger partial charge on any atom is -0.480 e. The van der Waals surface area contributed by atoms with Crippen LogP contribution in [-0.4, -0.2) is 58.9 Å². The molecule has 1 aliphatic heterocycles. The third kappa shape index (κ3) is 4.01. The monoisotopic (exact) mass is 346 g/mol. The quantitative estimate of drug-likeness (QED) is 0.795. The molecule has 1 aromatic heterocycles. The lowest BCUT2D eigenvalue weighted by atomic mass is 10.3. The SMILES string of the molecule is Cc1nn(CC(=O)O)c(C)c1NS(=O)(=O)N1C[C@H](C)O[C@@H](C)C1. The van der Waals surface area contributed by atoms with Gasteiger partial charge in [-0.3, -0.25) is 14.2 Å². The van der Waals surface area contributed by atoms with Crippen molar-refractivity contribution < 1.29 is 23.1 Å². The van der Waals surface area contributed by atoms with Crippen molar-refractivity contribution in [3.05, 3.63) is 11.4 Å². The molecule has 1 fully saturated rings. The Morgan fingerprint density at radius 2 is 1.91 bits per heavy atom. The van der Waals surface area contributed by atoms with Crippen molar-refractivity contribution in [3.8, 4) is 0 Å². The van der Waals surface area contributed by atoms with E-state index in [0.29, 0.717) is 17.1 Å². The molecule has 2 heterocycles. The maximum atomic E-state index is 12.6. The molecule has 0 spiro atoms. The fourth-order valence-corrected chi connectivity index (χ4v) is 4.14. The first-order valence-electron chi connectivity index (χ1n) is 7.29. The summed E-state index contributed by atoms with van der Waals surface area (Å²) in [5.74, 6) is -1.04. The average Bonchev–Trinajstić information content (AvgIpc) is 2.64. The molecule has 0 unspecified atom stereocenters. The van der Waals surface area contributed by atoms with Crippen LogP contribution in [0, 0.1) is 13.8 Å². The van der Waals surface area contributed by atoms with Gasteiger partial charge in [0.2, 0.25) is 0 Å². The molecule has 0 radical (unpaired) electrons. The number of carboxylic acids is 1. The number of nitrogens with zero attached hydrogens (tertiary/aromatic N) is 3. The molecular formula is C13H22N4O5S. The molecule has 10 heteroatoms. The molecule has 2 rings (SSSR count). The molecule has 0 saturated carbocycles. The van der Waals surface area contributed by atoms with E-state index >= 15 is 0 Å². The van der Waals surface area contributed by atoms with Gasteiger partial charge in [0, 0.05) is 13.1 Å². The zero-order chi connectivity index (χ0) is 17.4. The number of hydrogen-bond donors (Lipinski definition) is 2. The maximum absolute atomic E-state index is 12.6. The van der Waals surface area contributed by atoms with Gasteiger partial charge >= 0.3 is 16.2 Å². The summed E-state index contributed by atoms with van der Waals surface area (Å²) < 4.78 is 35.8. The summed E-state index contributed by atoms with van der Waals surface area (Å²) in [6.45, 7) is 7.11. The second-order valence-corrected chi connectivity index (χ2v) is 7.45. The molecule has 0 aromatic carbocycles. The summed E-state index contributed by atoms with van der Waals surface area (Å²) in [6.07, 6.45) is -0.375. The number of aliphatic carboxylic acids is 1. The Morgan fingerprint density at radius 1 is 1.35 bits per heavy atom. The number of anilines is 1. The average molecular weight is 346 g/mol. The van der Waals surface area contributed by atoms with Crippen molar-refractivity contribution in [1.29, 1.82) is 0 Å². The van der Waals surface area contributed by atoms with Crippen LogP contribution in [0.4, 0.5) is 5.69 Å². The Hall–Kier alpha value is -1.65. The molecule has 130 valence electrons. The summed E-state index contributed by atoms with van der Waals surface area (Å²) in [5, 5.41) is 12.9. The molecular weight excluding hydrogens is 324 g/mol. The van der Waals surface area contributed by atoms with E-state index in [1.807, 2.05) is 13.8 Å². The van der Waals surface area contributed by atoms with E-state index in [-0.39, 0.29) is 31.8 Å². The van der Waals surface area contributed by atoms with Crippen LogP contribution in [0.5, 0.6) is 0 Å². The van der Waals surface area contributed by atoms with Crippen molar-refractivity contribution in [2.45, 2.75) is 46.4 Å². The van der Waals surface area contributed by atoms with E-state index in [1.54, 1.807) is 13.8 Å². The van der Waals surface area contributed by atoms with E-state index in [2.05, 4.69) is 9.82 Å². The molecule has 0 amide bonds. The highest BCUT2D eigenvalue weighted by Crippen LogP contribution is 2.23. The van der Waals surface area contributed by atoms with Gasteiger partial charge in [0.15, 0.2) is 0 Å². The molecule has 1 aliphatic rings. The van der Waals surface area contributed by atoms with Crippen LogP contribution in [0.1, 0.15) is 25.2 Å². The van der Waals surface area contributed by atoms with Crippen LogP contribution in [-0.2, 0) is 26.3 Å². The number of ether oxygens (including phenoxy) is 1. The normalized spacial score (nSPS) is 23.0. The van der Waals surface area contributed by atoms with Crippen molar-refractivity contribution in [3.63, 3.8) is 0 Å². The van der Waals surface area contributed by atoms with Crippen molar-refractivity contribution >= 4 is 21.9 Å². The number of nitrogens with one attached hydrogen (secondary N) is 1. The number of morpholine rings is 1. The first kappa shape index (κ1) is 17.7. The summed E-state index contributed by atoms with van der Waals surface area (Å²) in [6, 6.07) is 0. The minimum atomic E-state index is -3.76. The standard InChI is InChI=1S/C13H22N4O5S/c1-8-5-16(6-9(2)22-8)23(20,21)15-13-10(3)14-17(11(13)4)7-12(18)19/h8-9,15H,5-7H2,1-4H3,(H,18,19)/t8-,9-/m0/s1. The van der Waals surface area contributed by atoms with Crippen LogP contribution >= 0.6 is 0 Å². The number of carboxylic acid groups (broad SMARTS) is 1. The predicted molar refractivity (Wildman–Crippen MR) is 83.5 cm³/mol.